The quantitative estimate of drug-likeness (QED) is 0.497. The largest absolute Gasteiger partial charge is 0.291 e. The molecular weight excluding hydrogens is 262 g/mol. The van der Waals surface area contributed by atoms with Gasteiger partial charge < -0.3 is 0 Å². The Labute approximate surface area is 113 Å². The predicted octanol–water partition coefficient (Wildman–Crippen LogP) is 1.43. The van der Waals surface area contributed by atoms with Gasteiger partial charge in [-0.2, -0.15) is 5.10 Å². The Morgan fingerprint density at radius 3 is 2.90 bits per heavy atom. The molecule has 2 rings (SSSR count). The molecule has 0 saturated carbocycles. The summed E-state index contributed by atoms with van der Waals surface area (Å²) in [6, 6.07) is 7.53. The van der Waals surface area contributed by atoms with E-state index in [-0.39, 0.29) is 17.2 Å². The number of benzene rings is 1. The van der Waals surface area contributed by atoms with E-state index in [1.54, 1.807) is 25.1 Å². The molecule has 0 fully saturated rings. The van der Waals surface area contributed by atoms with Crippen molar-refractivity contribution < 1.29 is 4.92 Å². The summed E-state index contributed by atoms with van der Waals surface area (Å²) in [5, 5.41) is 14.6. The Hall–Kier alpha value is -3.03. The van der Waals surface area contributed by atoms with Crippen LogP contribution in [0.5, 0.6) is 0 Å². The zero-order chi connectivity index (χ0) is 14.5. The molecule has 1 aromatic carbocycles. The summed E-state index contributed by atoms with van der Waals surface area (Å²) >= 11 is 0. The average molecular weight is 273 g/mol. The molecule has 20 heavy (non-hydrogen) atoms. The van der Waals surface area contributed by atoms with Gasteiger partial charge in [0, 0.05) is 17.8 Å². The molecule has 2 N–H and O–H groups in total. The summed E-state index contributed by atoms with van der Waals surface area (Å²) < 4.78 is 0. The van der Waals surface area contributed by atoms with Gasteiger partial charge in [-0.3, -0.25) is 19.9 Å². The number of para-hydroxylation sites is 1. The molecule has 0 aliphatic heterocycles. The normalized spacial score (nSPS) is 10.7. The fraction of sp³-hybridized carbons (Fsp3) is 0.0833. The first-order chi connectivity index (χ1) is 9.56. The highest BCUT2D eigenvalue weighted by Gasteiger charge is 2.09. The summed E-state index contributed by atoms with van der Waals surface area (Å²) in [5.74, 6) is 0.171. The second-order valence-corrected chi connectivity index (χ2v) is 3.92. The maximum absolute atomic E-state index is 11.2. The van der Waals surface area contributed by atoms with Crippen LogP contribution >= 0.6 is 0 Å². The lowest BCUT2D eigenvalue weighted by Crippen LogP contribution is -2.10. The van der Waals surface area contributed by atoms with Gasteiger partial charge in [0.05, 0.1) is 16.7 Å². The van der Waals surface area contributed by atoms with E-state index >= 15 is 0 Å². The van der Waals surface area contributed by atoms with Crippen LogP contribution < -0.4 is 11.0 Å². The number of aryl methyl sites for hydroxylation is 1. The first-order valence-electron chi connectivity index (χ1n) is 5.67. The van der Waals surface area contributed by atoms with E-state index < -0.39 is 4.92 Å². The molecule has 2 aromatic rings. The smallest absolute Gasteiger partial charge is 0.278 e. The van der Waals surface area contributed by atoms with E-state index in [9.17, 15) is 14.9 Å². The van der Waals surface area contributed by atoms with Gasteiger partial charge in [-0.05, 0) is 13.0 Å². The van der Waals surface area contributed by atoms with Crippen molar-refractivity contribution in [3.8, 4) is 0 Å². The Kier molecular flexibility index (Phi) is 3.85. The topological polar surface area (TPSA) is 113 Å². The maximum atomic E-state index is 11.2. The van der Waals surface area contributed by atoms with Gasteiger partial charge in [0.2, 0.25) is 5.95 Å². The summed E-state index contributed by atoms with van der Waals surface area (Å²) in [6.45, 7) is 1.67. The van der Waals surface area contributed by atoms with Crippen molar-refractivity contribution in [3.05, 3.63) is 62.1 Å². The molecule has 8 heteroatoms. The van der Waals surface area contributed by atoms with E-state index in [1.165, 1.54) is 18.3 Å². The van der Waals surface area contributed by atoms with Crippen LogP contribution in [0.3, 0.4) is 0 Å². The van der Waals surface area contributed by atoms with Crippen molar-refractivity contribution in [2.24, 2.45) is 5.10 Å². The Balaban J connectivity index is 2.18. The zero-order valence-electron chi connectivity index (χ0n) is 10.5. The van der Waals surface area contributed by atoms with Crippen molar-refractivity contribution in [2.45, 2.75) is 6.92 Å². The van der Waals surface area contributed by atoms with E-state index in [4.69, 9.17) is 0 Å². The molecule has 0 amide bonds. The Morgan fingerprint density at radius 1 is 1.45 bits per heavy atom. The monoisotopic (exact) mass is 273 g/mol. The molecule has 8 nitrogen and oxygen atoms in total. The van der Waals surface area contributed by atoms with Crippen molar-refractivity contribution in [1.82, 2.24) is 9.97 Å². The lowest BCUT2D eigenvalue weighted by atomic mass is 10.2. The summed E-state index contributed by atoms with van der Waals surface area (Å²) in [4.78, 5) is 28.0. The van der Waals surface area contributed by atoms with Crippen LogP contribution in [0.1, 0.15) is 11.3 Å². The lowest BCUT2D eigenvalue weighted by Gasteiger charge is -2.00. The third-order valence-electron chi connectivity index (χ3n) is 2.38. The van der Waals surface area contributed by atoms with Gasteiger partial charge >= 0.3 is 0 Å². The first-order valence-corrected chi connectivity index (χ1v) is 5.67. The zero-order valence-corrected chi connectivity index (χ0v) is 10.5. The second kappa shape index (κ2) is 5.74. The highest BCUT2D eigenvalue weighted by Crippen LogP contribution is 2.15. The number of aromatic amines is 1. The number of nitrogens with zero attached hydrogens (tertiary/aromatic N) is 3. The van der Waals surface area contributed by atoms with Gasteiger partial charge in [0.15, 0.2) is 0 Å². The van der Waals surface area contributed by atoms with E-state index in [2.05, 4.69) is 20.5 Å². The molecular formula is C12H11N5O3. The van der Waals surface area contributed by atoms with Gasteiger partial charge in [-0.1, -0.05) is 12.1 Å². The number of aromatic nitrogens is 2. The minimum absolute atomic E-state index is 0.0521. The molecule has 1 heterocycles. The number of anilines is 1. The van der Waals surface area contributed by atoms with Crippen LogP contribution in [0.2, 0.25) is 0 Å². The molecule has 0 bridgehead atoms. The molecule has 0 aliphatic carbocycles. The number of hydrogen-bond donors (Lipinski definition) is 2. The molecule has 1 aromatic heterocycles. The van der Waals surface area contributed by atoms with Gasteiger partial charge in [-0.15, -0.1) is 0 Å². The fourth-order valence-electron chi connectivity index (χ4n) is 1.56. The van der Waals surface area contributed by atoms with Crippen molar-refractivity contribution >= 4 is 17.9 Å². The second-order valence-electron chi connectivity index (χ2n) is 3.92. The van der Waals surface area contributed by atoms with Crippen LogP contribution in [0, 0.1) is 17.0 Å². The Morgan fingerprint density at radius 2 is 2.20 bits per heavy atom. The van der Waals surface area contributed by atoms with Gasteiger partial charge in [-0.25, -0.2) is 10.4 Å². The molecule has 0 saturated heterocycles. The Bertz CT molecular complexity index is 723. The van der Waals surface area contributed by atoms with Crippen molar-refractivity contribution in [3.63, 3.8) is 0 Å². The molecule has 102 valence electrons. The average Bonchev–Trinajstić information content (AvgIpc) is 2.38. The van der Waals surface area contributed by atoms with Crippen LogP contribution in [-0.4, -0.2) is 21.1 Å². The van der Waals surface area contributed by atoms with Crippen molar-refractivity contribution in [1.29, 1.82) is 0 Å². The van der Waals surface area contributed by atoms with Gasteiger partial charge in [0.25, 0.3) is 11.2 Å². The van der Waals surface area contributed by atoms with Gasteiger partial charge in [0.1, 0.15) is 0 Å². The minimum atomic E-state index is -0.492. The number of hydrogen-bond acceptors (Lipinski definition) is 6. The minimum Gasteiger partial charge on any atom is -0.291 e. The van der Waals surface area contributed by atoms with E-state index in [0.29, 0.717) is 11.3 Å². The molecule has 0 spiro atoms. The third-order valence-corrected chi connectivity index (χ3v) is 2.38. The first kappa shape index (κ1) is 13.4. The lowest BCUT2D eigenvalue weighted by molar-refractivity contribution is -0.385. The highest BCUT2D eigenvalue weighted by atomic mass is 16.6. The standard InChI is InChI=1S/C12H11N5O3/c1-8-6-11(18)15-12(14-8)16-13-7-9-4-2-3-5-10(9)17(19)20/h2-7H,1H3,(H2,14,15,16,18). The SMILES string of the molecule is Cc1cc(=O)[nH]c(NN=Cc2ccccc2[N+](=O)[O-])n1. The summed E-state index contributed by atoms with van der Waals surface area (Å²) in [6.07, 6.45) is 1.29. The summed E-state index contributed by atoms with van der Waals surface area (Å²) in [5.41, 5.74) is 3.05. The van der Waals surface area contributed by atoms with Crippen LogP contribution in [0.4, 0.5) is 11.6 Å². The number of nitro groups is 1. The molecule has 0 radical (unpaired) electrons. The number of nitro benzene ring substituents is 1. The number of hydrazone groups is 1. The fourth-order valence-corrected chi connectivity index (χ4v) is 1.56. The number of H-pyrrole nitrogens is 1. The molecule has 0 aliphatic rings. The van der Waals surface area contributed by atoms with Crippen LogP contribution in [-0.2, 0) is 0 Å². The van der Waals surface area contributed by atoms with Crippen molar-refractivity contribution in [2.75, 3.05) is 5.43 Å². The predicted molar refractivity (Wildman–Crippen MR) is 73.9 cm³/mol. The van der Waals surface area contributed by atoms with E-state index in [1.807, 2.05) is 0 Å². The number of nitrogens with one attached hydrogen (secondary N) is 2. The van der Waals surface area contributed by atoms with E-state index in [0.717, 1.165) is 0 Å². The number of rotatable bonds is 4. The summed E-state index contributed by atoms with van der Waals surface area (Å²) in [7, 11) is 0. The molecule has 0 unspecified atom stereocenters. The highest BCUT2D eigenvalue weighted by molar-refractivity contribution is 5.85. The maximum Gasteiger partial charge on any atom is 0.278 e. The molecule has 0 atom stereocenters. The third kappa shape index (κ3) is 3.25. The van der Waals surface area contributed by atoms with Crippen LogP contribution in [0.15, 0.2) is 40.2 Å². The van der Waals surface area contributed by atoms with Crippen LogP contribution in [0.25, 0.3) is 0 Å².